The van der Waals surface area contributed by atoms with E-state index < -0.39 is 0 Å². The second-order valence-corrected chi connectivity index (χ2v) is 10.3. The molecule has 33 heavy (non-hydrogen) atoms. The summed E-state index contributed by atoms with van der Waals surface area (Å²) in [5, 5.41) is 16.8. The number of hydrogen-bond acceptors (Lipinski definition) is 7. The second kappa shape index (κ2) is 10.2. The maximum atomic E-state index is 13.4. The molecule has 1 aliphatic heterocycles. The molecule has 0 N–H and O–H groups in total. The molecule has 2 aromatic heterocycles. The third kappa shape index (κ3) is 5.35. The molecule has 0 radical (unpaired) electrons. The van der Waals surface area contributed by atoms with Crippen molar-refractivity contribution in [1.82, 2.24) is 15.2 Å². The Balaban J connectivity index is 1.24. The Morgan fingerprint density at radius 2 is 2.00 bits per heavy atom. The van der Waals surface area contributed by atoms with E-state index in [2.05, 4.69) is 15.3 Å². The third-order valence-corrected chi connectivity index (χ3v) is 7.96. The lowest BCUT2D eigenvalue weighted by molar-refractivity contribution is -0.130. The highest BCUT2D eigenvalue weighted by Gasteiger charge is 2.33. The summed E-state index contributed by atoms with van der Waals surface area (Å²) in [6.07, 6.45) is 7.70. The highest BCUT2D eigenvalue weighted by Crippen LogP contribution is 2.35. The van der Waals surface area contributed by atoms with Gasteiger partial charge in [-0.25, -0.2) is 9.40 Å². The van der Waals surface area contributed by atoms with Gasteiger partial charge in [-0.2, -0.15) is 5.10 Å². The number of thiophene rings is 1. The summed E-state index contributed by atoms with van der Waals surface area (Å²) in [5.74, 6) is 1.10. The molecule has 0 bridgehead atoms. The van der Waals surface area contributed by atoms with Gasteiger partial charge in [0, 0.05) is 12.8 Å². The lowest BCUT2D eigenvalue weighted by atomic mass is 10.0. The molecule has 1 saturated carbocycles. The molecule has 172 valence electrons. The van der Waals surface area contributed by atoms with Crippen LogP contribution in [0.4, 0.5) is 4.39 Å². The Morgan fingerprint density at radius 1 is 1.18 bits per heavy atom. The zero-order valence-electron chi connectivity index (χ0n) is 18.2. The van der Waals surface area contributed by atoms with Gasteiger partial charge < -0.3 is 4.42 Å². The van der Waals surface area contributed by atoms with Gasteiger partial charge in [-0.1, -0.05) is 55.6 Å². The zero-order chi connectivity index (χ0) is 22.6. The van der Waals surface area contributed by atoms with Crippen LogP contribution in [0, 0.1) is 11.7 Å². The second-order valence-electron chi connectivity index (χ2n) is 8.47. The van der Waals surface area contributed by atoms with E-state index in [9.17, 15) is 9.18 Å². The normalized spacial score (nSPS) is 18.8. The fraction of sp³-hybridized carbons (Fsp3) is 0.417. The average molecular weight is 485 g/mol. The van der Waals surface area contributed by atoms with Crippen molar-refractivity contribution in [3.63, 3.8) is 0 Å². The summed E-state index contributed by atoms with van der Waals surface area (Å²) in [6, 6.07) is 9.97. The maximum Gasteiger partial charge on any atom is 0.277 e. The number of hydrazone groups is 1. The lowest BCUT2D eigenvalue weighted by Gasteiger charge is -2.21. The maximum absolute atomic E-state index is 13.4. The van der Waals surface area contributed by atoms with Gasteiger partial charge in [0.25, 0.3) is 11.1 Å². The van der Waals surface area contributed by atoms with E-state index in [0.717, 1.165) is 34.9 Å². The van der Waals surface area contributed by atoms with Crippen molar-refractivity contribution < 1.29 is 13.6 Å². The number of rotatable bonds is 8. The summed E-state index contributed by atoms with van der Waals surface area (Å²) in [5.41, 5.74) is 1.72. The number of thioether (sulfide) groups is 1. The molecule has 1 fully saturated rings. The van der Waals surface area contributed by atoms with E-state index in [1.54, 1.807) is 23.5 Å². The first kappa shape index (κ1) is 22.3. The number of hydrogen-bond donors (Lipinski definition) is 0. The van der Waals surface area contributed by atoms with Crippen LogP contribution in [0.25, 0.3) is 0 Å². The molecule has 5 rings (SSSR count). The fourth-order valence-electron chi connectivity index (χ4n) is 4.49. The van der Waals surface area contributed by atoms with Crippen molar-refractivity contribution in [3.05, 3.63) is 63.9 Å². The topological polar surface area (TPSA) is 71.6 Å². The molecule has 0 spiro atoms. The molecule has 3 heterocycles. The van der Waals surface area contributed by atoms with Crippen molar-refractivity contribution >= 4 is 34.7 Å². The molecular formula is C24H25FN4O2S2. The fourth-order valence-corrected chi connectivity index (χ4v) is 5.84. The van der Waals surface area contributed by atoms with E-state index in [1.807, 2.05) is 17.5 Å². The van der Waals surface area contributed by atoms with Crippen LogP contribution in [-0.2, 0) is 11.2 Å². The predicted molar refractivity (Wildman–Crippen MR) is 127 cm³/mol. The molecule has 1 unspecified atom stereocenters. The van der Waals surface area contributed by atoms with E-state index in [-0.39, 0.29) is 23.5 Å². The summed E-state index contributed by atoms with van der Waals surface area (Å²) in [6.45, 7) is 0. The lowest BCUT2D eigenvalue weighted by Crippen LogP contribution is -2.28. The van der Waals surface area contributed by atoms with Crippen LogP contribution in [0.3, 0.4) is 0 Å². The third-order valence-electron chi connectivity index (χ3n) is 6.23. The Hall–Kier alpha value is -2.52. The molecule has 1 amide bonds. The van der Waals surface area contributed by atoms with E-state index in [0.29, 0.717) is 17.5 Å². The molecule has 0 saturated heterocycles. The average Bonchev–Trinajstić information content (AvgIpc) is 3.62. The molecule has 6 nitrogen and oxygen atoms in total. The van der Waals surface area contributed by atoms with E-state index in [4.69, 9.17) is 4.42 Å². The number of benzene rings is 1. The Bertz CT molecular complexity index is 1110. The van der Waals surface area contributed by atoms with Gasteiger partial charge in [0.05, 0.1) is 22.4 Å². The molecule has 9 heteroatoms. The highest BCUT2D eigenvalue weighted by atomic mass is 32.2. The van der Waals surface area contributed by atoms with Gasteiger partial charge >= 0.3 is 0 Å². The van der Waals surface area contributed by atoms with Crippen LogP contribution in [0.1, 0.15) is 60.9 Å². The number of amides is 1. The van der Waals surface area contributed by atoms with Crippen LogP contribution in [0.2, 0.25) is 0 Å². The van der Waals surface area contributed by atoms with Crippen LogP contribution in [0.15, 0.2) is 56.5 Å². The SMILES string of the molecule is O=C(CSc1nnc(CCC2CCCC2)o1)N1N=C(c2cccs2)CC1c1ccc(F)cc1. The smallest absolute Gasteiger partial charge is 0.277 e. The van der Waals surface area contributed by atoms with Gasteiger partial charge in [0.2, 0.25) is 5.89 Å². The van der Waals surface area contributed by atoms with Gasteiger partial charge in [-0.05, 0) is 41.5 Å². The first-order chi connectivity index (χ1) is 16.2. The number of nitrogens with zero attached hydrogens (tertiary/aromatic N) is 4. The molecule has 1 aliphatic carbocycles. The van der Waals surface area contributed by atoms with Crippen LogP contribution in [0.5, 0.6) is 0 Å². The standard InChI is InChI=1S/C24H25FN4O2S2/c25-18-10-8-17(9-11-18)20-14-19(21-6-3-13-32-21)28-29(20)23(30)15-33-24-27-26-22(31-24)12-7-16-4-1-2-5-16/h3,6,8-11,13,16,20H,1-2,4-5,7,12,14-15H2. The molecule has 1 aromatic carbocycles. The number of halogens is 1. The van der Waals surface area contributed by atoms with Crippen LogP contribution < -0.4 is 0 Å². The largest absolute Gasteiger partial charge is 0.416 e. The van der Waals surface area contributed by atoms with E-state index in [1.165, 1.54) is 54.6 Å². The van der Waals surface area contributed by atoms with Crippen LogP contribution >= 0.6 is 23.1 Å². The Morgan fingerprint density at radius 3 is 2.76 bits per heavy atom. The Labute approximate surface area is 200 Å². The monoisotopic (exact) mass is 484 g/mol. The highest BCUT2D eigenvalue weighted by molar-refractivity contribution is 7.99. The summed E-state index contributed by atoms with van der Waals surface area (Å²) >= 11 is 2.83. The number of aryl methyl sites for hydroxylation is 1. The van der Waals surface area contributed by atoms with Crippen molar-refractivity contribution in [1.29, 1.82) is 0 Å². The van der Waals surface area contributed by atoms with Crippen LogP contribution in [-0.4, -0.2) is 32.6 Å². The minimum absolute atomic E-state index is 0.142. The first-order valence-electron chi connectivity index (χ1n) is 11.3. The zero-order valence-corrected chi connectivity index (χ0v) is 19.8. The van der Waals surface area contributed by atoms with Gasteiger partial charge in [-0.3, -0.25) is 4.79 Å². The Kier molecular flexibility index (Phi) is 6.87. The minimum Gasteiger partial charge on any atom is -0.416 e. The quantitative estimate of drug-likeness (QED) is 0.374. The number of carbonyl (C=O) groups excluding carboxylic acids is 1. The summed E-state index contributed by atoms with van der Waals surface area (Å²) in [7, 11) is 0. The summed E-state index contributed by atoms with van der Waals surface area (Å²) < 4.78 is 19.2. The predicted octanol–water partition coefficient (Wildman–Crippen LogP) is 5.86. The van der Waals surface area contributed by atoms with Crippen molar-refractivity contribution in [2.45, 2.75) is 56.2 Å². The molecule has 1 atom stereocenters. The summed E-state index contributed by atoms with van der Waals surface area (Å²) in [4.78, 5) is 14.2. The molecule has 2 aliphatic rings. The van der Waals surface area contributed by atoms with Crippen molar-refractivity contribution in [2.24, 2.45) is 11.0 Å². The number of carbonyl (C=O) groups is 1. The van der Waals surface area contributed by atoms with E-state index >= 15 is 0 Å². The van der Waals surface area contributed by atoms with Gasteiger partial charge in [0.1, 0.15) is 5.82 Å². The van der Waals surface area contributed by atoms with Crippen molar-refractivity contribution in [2.75, 3.05) is 5.75 Å². The van der Waals surface area contributed by atoms with Crippen molar-refractivity contribution in [3.8, 4) is 0 Å². The molecular weight excluding hydrogens is 459 g/mol. The molecule has 3 aromatic rings. The number of aromatic nitrogens is 2. The van der Waals surface area contributed by atoms with Gasteiger partial charge in [-0.15, -0.1) is 21.5 Å². The van der Waals surface area contributed by atoms with Gasteiger partial charge in [0.15, 0.2) is 0 Å². The first-order valence-corrected chi connectivity index (χ1v) is 13.2. The minimum atomic E-state index is -0.301.